The normalized spacial score (nSPS) is 22.6. The number of anilines is 1. The third kappa shape index (κ3) is 3.86. The zero-order chi connectivity index (χ0) is 19.0. The molecule has 2 atom stereocenters. The standard InChI is InChI=1S/C21H28N4O2/c1-21(2,3)25-11-15(9-22-25)10-24-12-16(18-6-4-5-7-19(18)24)8-17-13-27-14-20(26)23-17/h4-7,9,11,16-17H,8,10,12-14H2,1-3H3,(H,23,26). The second-order valence-corrected chi connectivity index (χ2v) is 8.62. The number of benzene rings is 1. The quantitative estimate of drug-likeness (QED) is 0.901. The van der Waals surface area contributed by atoms with Gasteiger partial charge in [0.05, 0.1) is 24.4 Å². The average molecular weight is 368 g/mol. The Morgan fingerprint density at radius 1 is 1.30 bits per heavy atom. The summed E-state index contributed by atoms with van der Waals surface area (Å²) in [7, 11) is 0. The van der Waals surface area contributed by atoms with Crippen LogP contribution < -0.4 is 10.2 Å². The molecule has 1 N–H and O–H groups in total. The van der Waals surface area contributed by atoms with Gasteiger partial charge in [0.1, 0.15) is 6.61 Å². The molecule has 0 spiro atoms. The van der Waals surface area contributed by atoms with E-state index in [2.05, 4.69) is 66.5 Å². The Labute approximate surface area is 160 Å². The van der Waals surface area contributed by atoms with Crippen LogP contribution in [0.5, 0.6) is 0 Å². The molecule has 0 aliphatic carbocycles. The lowest BCUT2D eigenvalue weighted by molar-refractivity contribution is -0.131. The van der Waals surface area contributed by atoms with Crippen molar-refractivity contribution in [3.63, 3.8) is 0 Å². The molecule has 3 heterocycles. The molecule has 6 heteroatoms. The fourth-order valence-corrected chi connectivity index (χ4v) is 4.04. The van der Waals surface area contributed by atoms with Crippen LogP contribution in [0.2, 0.25) is 0 Å². The number of morpholine rings is 1. The van der Waals surface area contributed by atoms with E-state index in [0.717, 1.165) is 19.5 Å². The summed E-state index contributed by atoms with van der Waals surface area (Å²) in [5.41, 5.74) is 3.85. The van der Waals surface area contributed by atoms with Gasteiger partial charge in [-0.05, 0) is 38.8 Å². The molecule has 1 saturated heterocycles. The molecule has 1 fully saturated rings. The van der Waals surface area contributed by atoms with Gasteiger partial charge in [-0.15, -0.1) is 0 Å². The minimum Gasteiger partial charge on any atom is -0.370 e. The van der Waals surface area contributed by atoms with Gasteiger partial charge < -0.3 is 15.0 Å². The van der Waals surface area contributed by atoms with Crippen LogP contribution in [0.1, 0.15) is 44.2 Å². The van der Waals surface area contributed by atoms with Crippen LogP contribution in [-0.2, 0) is 21.6 Å². The lowest BCUT2D eigenvalue weighted by atomic mass is 9.94. The summed E-state index contributed by atoms with van der Waals surface area (Å²) in [6, 6.07) is 8.69. The first-order valence-corrected chi connectivity index (χ1v) is 9.65. The van der Waals surface area contributed by atoms with Gasteiger partial charge in [0.2, 0.25) is 5.91 Å². The Morgan fingerprint density at radius 3 is 2.85 bits per heavy atom. The number of ether oxygens (including phenoxy) is 1. The SMILES string of the molecule is CC(C)(C)n1cc(CN2CC(CC3COCC(=O)N3)c3ccccc32)cn1. The van der Waals surface area contributed by atoms with Crippen LogP contribution in [0, 0.1) is 0 Å². The highest BCUT2D eigenvalue weighted by molar-refractivity contribution is 5.78. The average Bonchev–Trinajstić information content (AvgIpc) is 3.21. The molecular weight excluding hydrogens is 340 g/mol. The molecule has 0 saturated carbocycles. The van der Waals surface area contributed by atoms with Crippen LogP contribution in [0.4, 0.5) is 5.69 Å². The predicted octanol–water partition coefficient (Wildman–Crippen LogP) is 2.65. The molecule has 2 aliphatic rings. The Balaban J connectivity index is 1.50. The number of para-hydroxylation sites is 1. The number of amides is 1. The first kappa shape index (κ1) is 18.0. The summed E-state index contributed by atoms with van der Waals surface area (Å²) in [5.74, 6) is 0.384. The molecule has 1 amide bonds. The molecule has 6 nitrogen and oxygen atoms in total. The number of aromatic nitrogens is 2. The predicted molar refractivity (Wildman–Crippen MR) is 105 cm³/mol. The lowest BCUT2D eigenvalue weighted by Crippen LogP contribution is -2.46. The monoisotopic (exact) mass is 368 g/mol. The molecule has 1 aromatic carbocycles. The van der Waals surface area contributed by atoms with Crippen molar-refractivity contribution in [2.24, 2.45) is 0 Å². The highest BCUT2D eigenvalue weighted by atomic mass is 16.5. The molecule has 2 aromatic rings. The Kier molecular flexibility index (Phi) is 4.68. The molecule has 2 unspecified atom stereocenters. The summed E-state index contributed by atoms with van der Waals surface area (Å²) < 4.78 is 7.44. The van der Waals surface area contributed by atoms with Gasteiger partial charge >= 0.3 is 0 Å². The summed E-state index contributed by atoms with van der Waals surface area (Å²) in [4.78, 5) is 14.1. The number of nitrogens with zero attached hydrogens (tertiary/aromatic N) is 3. The summed E-state index contributed by atoms with van der Waals surface area (Å²) in [6.45, 7) is 9.05. The largest absolute Gasteiger partial charge is 0.370 e. The molecule has 2 aliphatic heterocycles. The van der Waals surface area contributed by atoms with Crippen molar-refractivity contribution in [2.75, 3.05) is 24.7 Å². The van der Waals surface area contributed by atoms with Gasteiger partial charge in [-0.2, -0.15) is 5.10 Å². The molecule has 0 bridgehead atoms. The molecular formula is C21H28N4O2. The minimum atomic E-state index is -0.0110. The van der Waals surface area contributed by atoms with Gasteiger partial charge in [-0.3, -0.25) is 9.48 Å². The van der Waals surface area contributed by atoms with E-state index in [4.69, 9.17) is 4.74 Å². The highest BCUT2D eigenvalue weighted by Gasteiger charge is 2.32. The molecule has 144 valence electrons. The summed E-state index contributed by atoms with van der Waals surface area (Å²) >= 11 is 0. The smallest absolute Gasteiger partial charge is 0.246 e. The van der Waals surface area contributed by atoms with E-state index in [9.17, 15) is 4.79 Å². The number of rotatable bonds is 4. The Bertz CT molecular complexity index is 824. The van der Waals surface area contributed by atoms with Gasteiger partial charge in [-0.25, -0.2) is 0 Å². The summed E-state index contributed by atoms with van der Waals surface area (Å²) in [6.07, 6.45) is 5.02. The van der Waals surface area contributed by atoms with Crippen molar-refractivity contribution in [3.8, 4) is 0 Å². The van der Waals surface area contributed by atoms with Gasteiger partial charge in [-0.1, -0.05) is 18.2 Å². The van der Waals surface area contributed by atoms with Crippen LogP contribution in [0.15, 0.2) is 36.7 Å². The third-order valence-corrected chi connectivity index (χ3v) is 5.34. The number of hydrogen-bond donors (Lipinski definition) is 1. The van der Waals surface area contributed by atoms with Crippen molar-refractivity contribution < 1.29 is 9.53 Å². The molecule has 27 heavy (non-hydrogen) atoms. The van der Waals surface area contributed by atoms with Crippen LogP contribution >= 0.6 is 0 Å². The summed E-state index contributed by atoms with van der Waals surface area (Å²) in [5, 5.41) is 7.60. The van der Waals surface area contributed by atoms with Crippen LogP contribution in [0.25, 0.3) is 0 Å². The minimum absolute atomic E-state index is 0.0102. The Hall–Kier alpha value is -2.34. The van der Waals surface area contributed by atoms with Crippen molar-refractivity contribution in [3.05, 3.63) is 47.8 Å². The number of nitrogens with one attached hydrogen (secondary N) is 1. The lowest BCUT2D eigenvalue weighted by Gasteiger charge is -2.26. The molecule has 0 radical (unpaired) electrons. The van der Waals surface area contributed by atoms with Crippen molar-refractivity contribution in [2.45, 2.75) is 51.2 Å². The van der Waals surface area contributed by atoms with Gasteiger partial charge in [0.15, 0.2) is 0 Å². The highest BCUT2D eigenvalue weighted by Crippen LogP contribution is 2.39. The number of fused-ring (bicyclic) bond motifs is 1. The number of carbonyl (C=O) groups excluding carboxylic acids is 1. The Morgan fingerprint density at radius 2 is 2.11 bits per heavy atom. The van der Waals surface area contributed by atoms with Crippen LogP contribution in [-0.4, -0.2) is 41.5 Å². The zero-order valence-electron chi connectivity index (χ0n) is 16.3. The van der Waals surface area contributed by atoms with Gasteiger partial charge in [0.25, 0.3) is 0 Å². The topological polar surface area (TPSA) is 59.4 Å². The second-order valence-electron chi connectivity index (χ2n) is 8.62. The number of hydrogen-bond acceptors (Lipinski definition) is 4. The number of carbonyl (C=O) groups is 1. The van der Waals surface area contributed by atoms with Crippen molar-refractivity contribution in [1.82, 2.24) is 15.1 Å². The van der Waals surface area contributed by atoms with E-state index in [0.29, 0.717) is 12.5 Å². The first-order chi connectivity index (χ1) is 12.9. The van der Waals surface area contributed by atoms with E-state index in [1.165, 1.54) is 16.8 Å². The van der Waals surface area contributed by atoms with Crippen molar-refractivity contribution >= 4 is 11.6 Å². The van der Waals surface area contributed by atoms with E-state index >= 15 is 0 Å². The maximum atomic E-state index is 11.6. The fraction of sp³-hybridized carbons (Fsp3) is 0.524. The third-order valence-electron chi connectivity index (χ3n) is 5.34. The van der Waals surface area contributed by atoms with E-state index in [1.807, 2.05) is 10.9 Å². The second kappa shape index (κ2) is 7.00. The maximum absolute atomic E-state index is 11.6. The fourth-order valence-electron chi connectivity index (χ4n) is 4.04. The van der Waals surface area contributed by atoms with Crippen molar-refractivity contribution in [1.29, 1.82) is 0 Å². The molecule has 1 aromatic heterocycles. The maximum Gasteiger partial charge on any atom is 0.246 e. The molecule has 4 rings (SSSR count). The van der Waals surface area contributed by atoms with E-state index in [1.54, 1.807) is 0 Å². The van der Waals surface area contributed by atoms with Crippen LogP contribution in [0.3, 0.4) is 0 Å². The van der Waals surface area contributed by atoms with E-state index in [-0.39, 0.29) is 24.1 Å². The first-order valence-electron chi connectivity index (χ1n) is 9.65. The van der Waals surface area contributed by atoms with Gasteiger partial charge in [0, 0.05) is 36.5 Å². The van der Waals surface area contributed by atoms with E-state index < -0.39 is 0 Å². The zero-order valence-corrected chi connectivity index (χ0v) is 16.3.